The first-order chi connectivity index (χ1) is 13.3. The standard InChI is InChI=1S/C16H13F11O3/c1-8(28)30-10-6-4-3-5-9(10)11(29-2)7-12(17,18)13(19,20)14(21,22)15(23,24)16(25,26)27/h3-6,11H,7H2,1-2H3. The average Bonchev–Trinajstić information content (AvgIpc) is 2.58. The van der Waals surface area contributed by atoms with Crippen LogP contribution >= 0.6 is 0 Å². The van der Waals surface area contributed by atoms with Crippen molar-refractivity contribution >= 4 is 5.97 Å². The van der Waals surface area contributed by atoms with E-state index in [1.165, 1.54) is 6.07 Å². The van der Waals surface area contributed by atoms with Gasteiger partial charge in [-0.25, -0.2) is 0 Å². The highest BCUT2D eigenvalue weighted by Crippen LogP contribution is 2.58. The summed E-state index contributed by atoms with van der Waals surface area (Å²) in [7, 11) is 0.645. The van der Waals surface area contributed by atoms with Crippen LogP contribution in [0.2, 0.25) is 0 Å². The van der Waals surface area contributed by atoms with Gasteiger partial charge >= 0.3 is 35.8 Å². The molecule has 1 aromatic carbocycles. The van der Waals surface area contributed by atoms with Crippen molar-refractivity contribution in [3.05, 3.63) is 29.8 Å². The third kappa shape index (κ3) is 4.47. The van der Waals surface area contributed by atoms with E-state index in [1.807, 2.05) is 0 Å². The van der Waals surface area contributed by atoms with Gasteiger partial charge in [0.1, 0.15) is 5.75 Å². The molecule has 0 spiro atoms. The van der Waals surface area contributed by atoms with E-state index in [0.29, 0.717) is 7.11 Å². The van der Waals surface area contributed by atoms with Crippen LogP contribution in [0.4, 0.5) is 48.3 Å². The molecule has 0 aliphatic heterocycles. The fourth-order valence-corrected chi connectivity index (χ4v) is 2.28. The molecule has 0 amide bonds. The molecule has 0 fully saturated rings. The van der Waals surface area contributed by atoms with Gasteiger partial charge < -0.3 is 9.47 Å². The molecule has 0 aliphatic rings. The van der Waals surface area contributed by atoms with E-state index >= 15 is 0 Å². The predicted molar refractivity (Wildman–Crippen MR) is 78.0 cm³/mol. The first-order valence-electron chi connectivity index (χ1n) is 7.71. The highest BCUT2D eigenvalue weighted by molar-refractivity contribution is 5.69. The summed E-state index contributed by atoms with van der Waals surface area (Å²) in [6, 6.07) is 4.23. The maximum absolute atomic E-state index is 14.0. The maximum atomic E-state index is 14.0. The molecule has 14 heteroatoms. The van der Waals surface area contributed by atoms with Crippen molar-refractivity contribution in [3.63, 3.8) is 0 Å². The molecule has 0 saturated carbocycles. The summed E-state index contributed by atoms with van der Waals surface area (Å²) in [5.41, 5.74) is -0.545. The van der Waals surface area contributed by atoms with Crippen molar-refractivity contribution in [2.45, 2.75) is 49.3 Å². The molecule has 0 bridgehead atoms. The normalized spacial score (nSPS) is 15.1. The Kier molecular flexibility index (Phi) is 7.08. The summed E-state index contributed by atoms with van der Waals surface area (Å²) in [4.78, 5) is 11.0. The second-order valence-corrected chi connectivity index (χ2v) is 5.99. The minimum atomic E-state index is -7.50. The maximum Gasteiger partial charge on any atom is 0.460 e. The molecule has 0 heterocycles. The molecule has 1 aromatic rings. The molecule has 1 unspecified atom stereocenters. The molecule has 30 heavy (non-hydrogen) atoms. The van der Waals surface area contributed by atoms with Crippen LogP contribution in [-0.4, -0.2) is 42.9 Å². The van der Waals surface area contributed by atoms with Gasteiger partial charge in [-0.3, -0.25) is 4.79 Å². The minimum absolute atomic E-state index is 0.511. The van der Waals surface area contributed by atoms with Crippen molar-refractivity contribution in [2.75, 3.05) is 7.11 Å². The molecule has 172 valence electrons. The lowest BCUT2D eigenvalue weighted by Crippen LogP contribution is -2.66. The smallest absolute Gasteiger partial charge is 0.426 e. The number of para-hydroxylation sites is 1. The van der Waals surface area contributed by atoms with Crippen molar-refractivity contribution in [1.82, 2.24) is 0 Å². The largest absolute Gasteiger partial charge is 0.460 e. The van der Waals surface area contributed by atoms with Crippen molar-refractivity contribution in [1.29, 1.82) is 0 Å². The number of ether oxygens (including phenoxy) is 2. The van der Waals surface area contributed by atoms with E-state index in [9.17, 15) is 53.1 Å². The zero-order valence-corrected chi connectivity index (χ0v) is 15.0. The van der Waals surface area contributed by atoms with Crippen LogP contribution in [0.15, 0.2) is 24.3 Å². The second-order valence-electron chi connectivity index (χ2n) is 5.99. The first-order valence-corrected chi connectivity index (χ1v) is 7.71. The van der Waals surface area contributed by atoms with Gasteiger partial charge in [0, 0.05) is 26.0 Å². The van der Waals surface area contributed by atoms with Gasteiger partial charge in [-0.2, -0.15) is 48.3 Å². The zero-order valence-electron chi connectivity index (χ0n) is 15.0. The molecule has 1 rings (SSSR count). The molecule has 0 aromatic heterocycles. The summed E-state index contributed by atoms with van der Waals surface area (Å²) in [5, 5.41) is 0. The number of carbonyl (C=O) groups excluding carboxylic acids is 1. The topological polar surface area (TPSA) is 35.5 Å². The summed E-state index contributed by atoms with van der Waals surface area (Å²) < 4.78 is 154. The van der Waals surface area contributed by atoms with Gasteiger partial charge in [0.05, 0.1) is 6.10 Å². The molecular weight excluding hydrogens is 449 g/mol. The first kappa shape index (κ1) is 25.9. The van der Waals surface area contributed by atoms with E-state index in [-0.39, 0.29) is 0 Å². The number of methoxy groups -OCH3 is 1. The Hall–Kier alpha value is -2.12. The number of hydrogen-bond acceptors (Lipinski definition) is 3. The Morgan fingerprint density at radius 3 is 1.80 bits per heavy atom. The van der Waals surface area contributed by atoms with Crippen LogP contribution in [0, 0.1) is 0 Å². The Labute approximate surface area is 161 Å². The summed E-state index contributed by atoms with van der Waals surface area (Å²) in [5.74, 6) is -29.7. The average molecular weight is 462 g/mol. The van der Waals surface area contributed by atoms with Gasteiger partial charge in [0.15, 0.2) is 0 Å². The van der Waals surface area contributed by atoms with Gasteiger partial charge in [0.2, 0.25) is 0 Å². The van der Waals surface area contributed by atoms with E-state index in [1.54, 1.807) is 0 Å². The highest BCUT2D eigenvalue weighted by atomic mass is 19.4. The minimum Gasteiger partial charge on any atom is -0.426 e. The van der Waals surface area contributed by atoms with Gasteiger partial charge in [-0.15, -0.1) is 0 Å². The number of carbonyl (C=O) groups is 1. The van der Waals surface area contributed by atoms with Crippen molar-refractivity contribution < 1.29 is 62.6 Å². The van der Waals surface area contributed by atoms with E-state index in [2.05, 4.69) is 9.47 Å². The SMILES string of the molecule is COC(CC(F)(F)C(F)(F)C(F)(F)C(F)(F)C(F)(F)F)c1ccccc1OC(C)=O. The Balaban J connectivity index is 3.38. The zero-order chi connectivity index (χ0) is 23.8. The molecular formula is C16H13F11O3. The lowest BCUT2D eigenvalue weighted by Gasteiger charge is -2.38. The number of hydrogen-bond donors (Lipinski definition) is 0. The molecule has 0 aliphatic carbocycles. The van der Waals surface area contributed by atoms with Crippen molar-refractivity contribution in [3.8, 4) is 5.75 Å². The van der Waals surface area contributed by atoms with Crippen LogP contribution in [0.1, 0.15) is 25.0 Å². The third-order valence-electron chi connectivity index (χ3n) is 3.85. The predicted octanol–water partition coefficient (Wildman–Crippen LogP) is 5.79. The van der Waals surface area contributed by atoms with E-state index in [4.69, 9.17) is 0 Å². The Morgan fingerprint density at radius 1 is 0.867 bits per heavy atom. The van der Waals surface area contributed by atoms with Crippen LogP contribution in [0.3, 0.4) is 0 Å². The van der Waals surface area contributed by atoms with Gasteiger partial charge in [-0.05, 0) is 6.07 Å². The summed E-state index contributed by atoms with van der Waals surface area (Å²) in [6.07, 6.45) is -11.9. The third-order valence-corrected chi connectivity index (χ3v) is 3.85. The molecule has 0 N–H and O–H groups in total. The van der Waals surface area contributed by atoms with E-state index < -0.39 is 59.7 Å². The highest BCUT2D eigenvalue weighted by Gasteiger charge is 2.87. The lowest BCUT2D eigenvalue weighted by atomic mass is 9.92. The van der Waals surface area contributed by atoms with Crippen LogP contribution < -0.4 is 4.74 Å². The number of halogens is 11. The fraction of sp³-hybridized carbons (Fsp3) is 0.562. The quantitative estimate of drug-likeness (QED) is 0.279. The lowest BCUT2D eigenvalue weighted by molar-refractivity contribution is -0.423. The number of esters is 1. The number of benzene rings is 1. The van der Waals surface area contributed by atoms with Gasteiger partial charge in [0.25, 0.3) is 0 Å². The second kappa shape index (κ2) is 8.19. The number of rotatable bonds is 8. The molecule has 1 atom stereocenters. The molecule has 0 radical (unpaired) electrons. The Morgan fingerprint density at radius 2 is 1.37 bits per heavy atom. The molecule has 0 saturated heterocycles. The van der Waals surface area contributed by atoms with Crippen LogP contribution in [0.25, 0.3) is 0 Å². The van der Waals surface area contributed by atoms with Gasteiger partial charge in [-0.1, -0.05) is 18.2 Å². The van der Waals surface area contributed by atoms with Crippen LogP contribution in [0.5, 0.6) is 5.75 Å². The monoisotopic (exact) mass is 462 g/mol. The summed E-state index contributed by atoms with van der Waals surface area (Å²) >= 11 is 0. The molecule has 3 nitrogen and oxygen atoms in total. The van der Waals surface area contributed by atoms with Crippen LogP contribution in [-0.2, 0) is 9.53 Å². The number of alkyl halides is 11. The fourth-order valence-electron chi connectivity index (χ4n) is 2.28. The van der Waals surface area contributed by atoms with Crippen molar-refractivity contribution in [2.24, 2.45) is 0 Å². The Bertz CT molecular complexity index is 759. The summed E-state index contributed by atoms with van der Waals surface area (Å²) in [6.45, 7) is 0.876. The van der Waals surface area contributed by atoms with E-state index in [0.717, 1.165) is 25.1 Å².